The maximum atomic E-state index is 10.6. The zero-order valence-corrected chi connectivity index (χ0v) is 8.89. The second-order valence-electron chi connectivity index (χ2n) is 3.87. The number of carbonyl (C=O) groups is 1. The van der Waals surface area contributed by atoms with E-state index in [1.54, 1.807) is 0 Å². The fraction of sp³-hybridized carbons (Fsp3) is 0.417. The van der Waals surface area contributed by atoms with Crippen molar-refractivity contribution in [2.75, 3.05) is 0 Å². The van der Waals surface area contributed by atoms with Crippen molar-refractivity contribution in [3.63, 3.8) is 0 Å². The van der Waals surface area contributed by atoms with Crippen molar-refractivity contribution >= 4 is 5.97 Å². The molecule has 1 rings (SSSR count). The molecule has 15 heavy (non-hydrogen) atoms. The van der Waals surface area contributed by atoms with Gasteiger partial charge in [0.1, 0.15) is 6.04 Å². The molecule has 0 spiro atoms. The van der Waals surface area contributed by atoms with E-state index in [-0.39, 0.29) is 5.92 Å². The van der Waals surface area contributed by atoms with Crippen LogP contribution in [-0.4, -0.2) is 17.1 Å². The van der Waals surface area contributed by atoms with E-state index in [1.807, 2.05) is 37.3 Å². The van der Waals surface area contributed by atoms with Gasteiger partial charge in [-0.1, -0.05) is 37.3 Å². The van der Waals surface area contributed by atoms with Gasteiger partial charge in [-0.25, -0.2) is 0 Å². The minimum Gasteiger partial charge on any atom is -0.480 e. The van der Waals surface area contributed by atoms with Gasteiger partial charge in [-0.15, -0.1) is 0 Å². The van der Waals surface area contributed by atoms with Gasteiger partial charge in [0.15, 0.2) is 0 Å². The van der Waals surface area contributed by atoms with Crippen molar-refractivity contribution in [1.82, 2.24) is 0 Å². The van der Waals surface area contributed by atoms with Crippen LogP contribution in [0.15, 0.2) is 30.3 Å². The van der Waals surface area contributed by atoms with Crippen molar-refractivity contribution in [1.29, 1.82) is 0 Å². The van der Waals surface area contributed by atoms with Gasteiger partial charge < -0.3 is 10.8 Å². The molecular weight excluding hydrogens is 190 g/mol. The Balaban J connectivity index is 2.41. The Labute approximate surface area is 89.9 Å². The number of carboxylic acids is 1. The Hall–Kier alpha value is -1.35. The molecule has 0 aliphatic carbocycles. The first-order valence-electron chi connectivity index (χ1n) is 5.13. The summed E-state index contributed by atoms with van der Waals surface area (Å²) in [5.74, 6) is -0.918. The summed E-state index contributed by atoms with van der Waals surface area (Å²) in [4.78, 5) is 10.6. The highest BCUT2D eigenvalue weighted by Crippen LogP contribution is 2.11. The van der Waals surface area contributed by atoms with E-state index >= 15 is 0 Å². The van der Waals surface area contributed by atoms with E-state index in [2.05, 4.69) is 0 Å². The molecule has 1 aromatic carbocycles. The Morgan fingerprint density at radius 3 is 2.53 bits per heavy atom. The highest BCUT2D eigenvalue weighted by Gasteiger charge is 2.19. The van der Waals surface area contributed by atoms with Crippen LogP contribution in [0.1, 0.15) is 18.9 Å². The van der Waals surface area contributed by atoms with Gasteiger partial charge >= 0.3 is 5.97 Å². The number of benzene rings is 1. The molecule has 82 valence electrons. The molecule has 0 radical (unpaired) electrons. The average Bonchev–Trinajstić information content (AvgIpc) is 2.26. The van der Waals surface area contributed by atoms with E-state index in [4.69, 9.17) is 10.8 Å². The van der Waals surface area contributed by atoms with Crippen LogP contribution in [0.2, 0.25) is 0 Å². The van der Waals surface area contributed by atoms with Crippen LogP contribution in [0.4, 0.5) is 0 Å². The van der Waals surface area contributed by atoms with Crippen molar-refractivity contribution in [3.8, 4) is 0 Å². The van der Waals surface area contributed by atoms with Crippen molar-refractivity contribution in [2.45, 2.75) is 25.8 Å². The lowest BCUT2D eigenvalue weighted by Gasteiger charge is -2.15. The molecule has 0 fully saturated rings. The molecule has 2 unspecified atom stereocenters. The number of hydrogen-bond donors (Lipinski definition) is 2. The number of hydrogen-bond acceptors (Lipinski definition) is 2. The summed E-state index contributed by atoms with van der Waals surface area (Å²) in [5, 5.41) is 8.72. The zero-order chi connectivity index (χ0) is 11.3. The summed E-state index contributed by atoms with van der Waals surface area (Å²) in [7, 11) is 0. The first-order valence-corrected chi connectivity index (χ1v) is 5.13. The Morgan fingerprint density at radius 2 is 2.00 bits per heavy atom. The molecule has 0 aliphatic heterocycles. The lowest BCUT2D eigenvalue weighted by molar-refractivity contribution is -0.139. The van der Waals surface area contributed by atoms with Gasteiger partial charge in [0.05, 0.1) is 0 Å². The number of nitrogens with two attached hydrogens (primary N) is 1. The predicted molar refractivity (Wildman–Crippen MR) is 59.5 cm³/mol. The topological polar surface area (TPSA) is 63.3 Å². The first kappa shape index (κ1) is 11.7. The number of rotatable bonds is 5. The van der Waals surface area contributed by atoms with Crippen molar-refractivity contribution in [2.24, 2.45) is 11.7 Å². The third-order valence-corrected chi connectivity index (χ3v) is 2.63. The normalized spacial score (nSPS) is 14.5. The van der Waals surface area contributed by atoms with Gasteiger partial charge in [0, 0.05) is 0 Å². The van der Waals surface area contributed by atoms with Crippen LogP contribution >= 0.6 is 0 Å². The summed E-state index contributed by atoms with van der Waals surface area (Å²) in [6, 6.07) is 9.26. The maximum absolute atomic E-state index is 10.6. The fourth-order valence-corrected chi connectivity index (χ4v) is 1.46. The number of carboxylic acid groups (broad SMARTS) is 1. The molecule has 1 aromatic rings. The summed E-state index contributed by atoms with van der Waals surface area (Å²) in [6.45, 7) is 1.88. The fourth-order valence-electron chi connectivity index (χ4n) is 1.46. The SMILES string of the molecule is CC(CCc1ccccc1)C(N)C(=O)O. The standard InChI is InChI=1S/C12H17NO2/c1-9(11(13)12(14)15)7-8-10-5-3-2-4-6-10/h2-6,9,11H,7-8,13H2,1H3,(H,14,15). The summed E-state index contributed by atoms with van der Waals surface area (Å²) in [6.07, 6.45) is 1.68. The monoisotopic (exact) mass is 207 g/mol. The third-order valence-electron chi connectivity index (χ3n) is 2.63. The molecule has 0 aromatic heterocycles. The average molecular weight is 207 g/mol. The Morgan fingerprint density at radius 1 is 1.40 bits per heavy atom. The number of aliphatic carboxylic acids is 1. The lowest BCUT2D eigenvalue weighted by atomic mass is 9.95. The van der Waals surface area contributed by atoms with Gasteiger partial charge in [-0.05, 0) is 24.3 Å². The van der Waals surface area contributed by atoms with Crippen LogP contribution in [0.3, 0.4) is 0 Å². The predicted octanol–water partition coefficient (Wildman–Crippen LogP) is 1.67. The minimum absolute atomic E-state index is 0.00251. The Kier molecular flexibility index (Phi) is 4.31. The molecule has 3 heteroatoms. The second-order valence-corrected chi connectivity index (χ2v) is 3.87. The molecular formula is C12H17NO2. The summed E-state index contributed by atoms with van der Waals surface area (Å²) in [5.41, 5.74) is 6.75. The molecule has 0 amide bonds. The molecule has 3 N–H and O–H groups in total. The van der Waals surface area contributed by atoms with Crippen LogP contribution in [0, 0.1) is 5.92 Å². The third kappa shape index (κ3) is 3.72. The smallest absolute Gasteiger partial charge is 0.320 e. The summed E-state index contributed by atoms with van der Waals surface area (Å²) >= 11 is 0. The summed E-state index contributed by atoms with van der Waals surface area (Å²) < 4.78 is 0. The first-order chi connectivity index (χ1) is 7.11. The maximum Gasteiger partial charge on any atom is 0.320 e. The molecule has 2 atom stereocenters. The molecule has 3 nitrogen and oxygen atoms in total. The van der Waals surface area contributed by atoms with Gasteiger partial charge in [0.2, 0.25) is 0 Å². The highest BCUT2D eigenvalue weighted by atomic mass is 16.4. The zero-order valence-electron chi connectivity index (χ0n) is 8.89. The number of aryl methyl sites for hydroxylation is 1. The van der Waals surface area contributed by atoms with E-state index in [1.165, 1.54) is 5.56 Å². The molecule has 0 saturated carbocycles. The second kappa shape index (κ2) is 5.51. The lowest BCUT2D eigenvalue weighted by Crippen LogP contribution is -2.36. The van der Waals surface area contributed by atoms with E-state index in [0.717, 1.165) is 12.8 Å². The van der Waals surface area contributed by atoms with Crippen LogP contribution in [0.5, 0.6) is 0 Å². The van der Waals surface area contributed by atoms with E-state index in [0.29, 0.717) is 0 Å². The molecule has 0 aliphatic rings. The van der Waals surface area contributed by atoms with Crippen LogP contribution < -0.4 is 5.73 Å². The minimum atomic E-state index is -0.921. The van der Waals surface area contributed by atoms with Gasteiger partial charge in [0.25, 0.3) is 0 Å². The molecule has 0 saturated heterocycles. The van der Waals surface area contributed by atoms with E-state index in [9.17, 15) is 4.79 Å². The molecule has 0 heterocycles. The van der Waals surface area contributed by atoms with Crippen molar-refractivity contribution in [3.05, 3.63) is 35.9 Å². The highest BCUT2D eigenvalue weighted by molar-refractivity contribution is 5.73. The van der Waals surface area contributed by atoms with E-state index < -0.39 is 12.0 Å². The van der Waals surface area contributed by atoms with Gasteiger partial charge in [-0.2, -0.15) is 0 Å². The van der Waals surface area contributed by atoms with Crippen molar-refractivity contribution < 1.29 is 9.90 Å². The molecule has 0 bridgehead atoms. The van der Waals surface area contributed by atoms with Crippen LogP contribution in [-0.2, 0) is 11.2 Å². The van der Waals surface area contributed by atoms with Crippen LogP contribution in [0.25, 0.3) is 0 Å². The largest absolute Gasteiger partial charge is 0.480 e. The van der Waals surface area contributed by atoms with Gasteiger partial charge in [-0.3, -0.25) is 4.79 Å². The quantitative estimate of drug-likeness (QED) is 0.772. The Bertz CT molecular complexity index is 311.